The zero-order valence-electron chi connectivity index (χ0n) is 21.7. The lowest BCUT2D eigenvalue weighted by Crippen LogP contribution is -2.35. The van der Waals surface area contributed by atoms with E-state index in [0.29, 0.717) is 17.3 Å². The molecule has 0 atom stereocenters. The molecule has 2 aromatic carbocycles. The zero-order chi connectivity index (χ0) is 29.6. The Kier molecular flexibility index (Phi) is 11.5. The van der Waals surface area contributed by atoms with Crippen LogP contribution in [0.2, 0.25) is 5.02 Å². The Bertz CT molecular complexity index is 1350. The zero-order valence-corrected chi connectivity index (χ0v) is 24.2. The molecule has 1 aromatic heterocycles. The second kappa shape index (κ2) is 13.5. The Morgan fingerprint density at radius 3 is 2.03 bits per heavy atom. The fourth-order valence-electron chi connectivity index (χ4n) is 3.97. The standard InChI is InChI=1S/C24H28ClN3O.2H3O4P/c1-24(2,3)27-14-15-12-22(17-6-4-5-7-18(17)23(15)29)28-20-10-11-26-21-13-16(25)8-9-19(20)21;2*1-5(2,3)4/h8-13,27,29H,4-7,14H2,1-3H3,(H,26,28);2*(H3,1,2,3,4). The predicted molar refractivity (Wildman–Crippen MR) is 150 cm³/mol. The monoisotopic (exact) mass is 605 g/mol. The molecule has 0 unspecified atom stereocenters. The first-order valence-corrected chi connectivity index (χ1v) is 15.3. The number of halogens is 1. The Hall–Kier alpha value is -2.08. The smallest absolute Gasteiger partial charge is 0.466 e. The second-order valence-corrected chi connectivity index (χ2v) is 12.4. The van der Waals surface area contributed by atoms with Gasteiger partial charge in [-0.05, 0) is 87.9 Å². The number of rotatable bonds is 4. The number of aromatic nitrogens is 1. The number of hydrogen-bond donors (Lipinski definition) is 9. The number of phosphoric acid groups is 2. The summed E-state index contributed by atoms with van der Waals surface area (Å²) in [6, 6.07) is 9.86. The number of hydrogen-bond acceptors (Lipinski definition) is 6. The van der Waals surface area contributed by atoms with Crippen molar-refractivity contribution in [2.45, 2.75) is 58.5 Å². The molecule has 0 bridgehead atoms. The second-order valence-electron chi connectivity index (χ2n) is 9.87. The van der Waals surface area contributed by atoms with Crippen molar-refractivity contribution in [1.82, 2.24) is 10.3 Å². The molecular formula is C24H34ClN3O9P2. The van der Waals surface area contributed by atoms with Gasteiger partial charge in [0.15, 0.2) is 0 Å². The number of fused-ring (bicyclic) bond motifs is 2. The number of benzene rings is 2. The van der Waals surface area contributed by atoms with Gasteiger partial charge in [0.05, 0.1) is 5.52 Å². The molecule has 9 N–H and O–H groups in total. The van der Waals surface area contributed by atoms with E-state index in [1.807, 2.05) is 24.3 Å². The average molecular weight is 606 g/mol. The molecule has 1 aliphatic carbocycles. The number of phenols is 1. The summed E-state index contributed by atoms with van der Waals surface area (Å²) in [7, 11) is -9.28. The quantitative estimate of drug-likeness (QED) is 0.151. The van der Waals surface area contributed by atoms with Gasteiger partial charge in [-0.1, -0.05) is 11.6 Å². The highest BCUT2D eigenvalue weighted by molar-refractivity contribution is 7.45. The van der Waals surface area contributed by atoms with Gasteiger partial charge >= 0.3 is 15.6 Å². The number of pyridine rings is 1. The van der Waals surface area contributed by atoms with Crippen LogP contribution in [0.3, 0.4) is 0 Å². The predicted octanol–water partition coefficient (Wildman–Crippen LogP) is 4.25. The van der Waals surface area contributed by atoms with E-state index in [0.717, 1.165) is 59.1 Å². The highest BCUT2D eigenvalue weighted by Crippen LogP contribution is 2.39. The summed E-state index contributed by atoms with van der Waals surface area (Å²) < 4.78 is 17.8. The van der Waals surface area contributed by atoms with E-state index in [1.165, 1.54) is 5.56 Å². The highest BCUT2D eigenvalue weighted by Gasteiger charge is 2.22. The third-order valence-corrected chi connectivity index (χ3v) is 5.72. The summed E-state index contributed by atoms with van der Waals surface area (Å²) in [6.07, 6.45) is 5.97. The van der Waals surface area contributed by atoms with Gasteiger partial charge in [0.2, 0.25) is 0 Å². The van der Waals surface area contributed by atoms with E-state index in [9.17, 15) is 5.11 Å². The summed E-state index contributed by atoms with van der Waals surface area (Å²) >= 11 is 6.14. The van der Waals surface area contributed by atoms with E-state index in [2.05, 4.69) is 42.5 Å². The molecule has 0 radical (unpaired) electrons. The summed E-state index contributed by atoms with van der Waals surface area (Å²) in [6.45, 7) is 7.03. The number of nitrogens with zero attached hydrogens (tertiary/aromatic N) is 1. The van der Waals surface area contributed by atoms with Crippen LogP contribution < -0.4 is 10.6 Å². The summed E-state index contributed by atoms with van der Waals surface area (Å²) in [4.78, 5) is 47.6. The first-order valence-electron chi connectivity index (χ1n) is 11.8. The lowest BCUT2D eigenvalue weighted by Gasteiger charge is -2.26. The van der Waals surface area contributed by atoms with Crippen LogP contribution in [0.5, 0.6) is 5.75 Å². The molecule has 4 rings (SSSR count). The van der Waals surface area contributed by atoms with Crippen molar-refractivity contribution < 1.29 is 43.6 Å². The topological polar surface area (TPSA) is 213 Å². The van der Waals surface area contributed by atoms with Crippen molar-refractivity contribution >= 4 is 49.5 Å². The van der Waals surface area contributed by atoms with Crippen LogP contribution in [-0.2, 0) is 28.5 Å². The SMILES string of the molecule is CC(C)(C)NCc1cc(Nc2ccnc3cc(Cl)ccc23)c2c(c1O)CCCC2.O=P(O)(O)O.O=P(O)(O)O. The molecule has 0 amide bonds. The van der Waals surface area contributed by atoms with Crippen LogP contribution in [-0.4, -0.2) is 45.0 Å². The van der Waals surface area contributed by atoms with E-state index < -0.39 is 15.6 Å². The van der Waals surface area contributed by atoms with Gasteiger partial charge in [0.1, 0.15) is 5.75 Å². The normalized spacial score (nSPS) is 13.5. The minimum atomic E-state index is -4.64. The van der Waals surface area contributed by atoms with Crippen LogP contribution in [0.1, 0.15) is 50.3 Å². The highest BCUT2D eigenvalue weighted by atomic mass is 35.5. The third-order valence-electron chi connectivity index (χ3n) is 5.48. The summed E-state index contributed by atoms with van der Waals surface area (Å²) in [5.74, 6) is 0.452. The summed E-state index contributed by atoms with van der Waals surface area (Å²) in [5.41, 5.74) is 6.18. The van der Waals surface area contributed by atoms with Crippen LogP contribution in [0, 0.1) is 0 Å². The van der Waals surface area contributed by atoms with Crippen LogP contribution in [0.15, 0.2) is 36.5 Å². The van der Waals surface area contributed by atoms with Gasteiger partial charge in [0.25, 0.3) is 0 Å². The van der Waals surface area contributed by atoms with Gasteiger partial charge in [-0.15, -0.1) is 0 Å². The fourth-order valence-corrected chi connectivity index (χ4v) is 4.14. The maximum absolute atomic E-state index is 10.9. The lowest BCUT2D eigenvalue weighted by atomic mass is 9.87. The molecule has 1 aliphatic rings. The molecule has 216 valence electrons. The molecule has 0 saturated heterocycles. The molecular weight excluding hydrogens is 572 g/mol. The first kappa shape index (κ1) is 33.1. The largest absolute Gasteiger partial charge is 0.507 e. The van der Waals surface area contributed by atoms with Crippen LogP contribution in [0.4, 0.5) is 11.4 Å². The van der Waals surface area contributed by atoms with Gasteiger partial charge in [-0.25, -0.2) is 9.13 Å². The Labute approximate surface area is 231 Å². The molecule has 0 saturated carbocycles. The molecule has 15 heteroatoms. The van der Waals surface area contributed by atoms with Crippen molar-refractivity contribution in [2.75, 3.05) is 5.32 Å². The average Bonchev–Trinajstić information content (AvgIpc) is 2.77. The molecule has 1 heterocycles. The molecule has 0 spiro atoms. The first-order chi connectivity index (χ1) is 17.8. The number of phenolic OH excluding ortho intramolecular Hbond substituents is 1. The van der Waals surface area contributed by atoms with Gasteiger partial charge in [-0.2, -0.15) is 0 Å². The summed E-state index contributed by atoms with van der Waals surface area (Å²) in [5, 5.41) is 19.8. The van der Waals surface area contributed by atoms with Crippen molar-refractivity contribution in [2.24, 2.45) is 0 Å². The van der Waals surface area contributed by atoms with Crippen molar-refractivity contribution in [3.05, 3.63) is 58.2 Å². The molecule has 0 fully saturated rings. The molecule has 39 heavy (non-hydrogen) atoms. The fraction of sp³-hybridized carbons (Fsp3) is 0.375. The lowest BCUT2D eigenvalue weighted by molar-refractivity contribution is 0.272. The van der Waals surface area contributed by atoms with E-state index >= 15 is 0 Å². The minimum Gasteiger partial charge on any atom is -0.507 e. The molecule has 12 nitrogen and oxygen atoms in total. The van der Waals surface area contributed by atoms with Gasteiger partial charge in [0, 0.05) is 45.6 Å². The van der Waals surface area contributed by atoms with Gasteiger partial charge in [-0.3, -0.25) is 4.98 Å². The Morgan fingerprint density at radius 1 is 0.897 bits per heavy atom. The van der Waals surface area contributed by atoms with Gasteiger partial charge < -0.3 is 45.1 Å². The van der Waals surface area contributed by atoms with E-state index in [4.69, 9.17) is 50.1 Å². The number of aromatic hydroxyl groups is 1. The number of nitrogens with one attached hydrogen (secondary N) is 2. The minimum absolute atomic E-state index is 0.0174. The van der Waals surface area contributed by atoms with E-state index in [1.54, 1.807) is 6.20 Å². The van der Waals surface area contributed by atoms with E-state index in [-0.39, 0.29) is 5.54 Å². The third kappa shape index (κ3) is 12.3. The molecule has 3 aromatic rings. The Balaban J connectivity index is 0.000000458. The maximum atomic E-state index is 10.9. The van der Waals surface area contributed by atoms with Crippen molar-refractivity contribution in [1.29, 1.82) is 0 Å². The number of anilines is 2. The van der Waals surface area contributed by atoms with Crippen LogP contribution >= 0.6 is 27.2 Å². The molecule has 0 aliphatic heterocycles. The van der Waals surface area contributed by atoms with Crippen molar-refractivity contribution in [3.63, 3.8) is 0 Å². The van der Waals surface area contributed by atoms with Crippen LogP contribution in [0.25, 0.3) is 10.9 Å². The maximum Gasteiger partial charge on any atom is 0.466 e. The van der Waals surface area contributed by atoms with Crippen molar-refractivity contribution in [3.8, 4) is 5.75 Å². The Morgan fingerprint density at radius 2 is 1.46 bits per heavy atom.